The standard InChI is InChI=1S/C13H12O5S/c1-18-9-6-7-10(12(14)8-9)11-4-2-3-5-13(11)19(15,16)17/h2-8,14H,1H3,(H,15,16,17). The van der Waals surface area contributed by atoms with Crippen LogP contribution in [0.1, 0.15) is 0 Å². The number of phenolic OH excluding ortho intramolecular Hbond substituents is 1. The molecule has 19 heavy (non-hydrogen) atoms. The molecule has 0 heterocycles. The van der Waals surface area contributed by atoms with E-state index in [2.05, 4.69) is 0 Å². The molecule has 2 aromatic rings. The van der Waals surface area contributed by atoms with Gasteiger partial charge in [-0.1, -0.05) is 18.2 Å². The zero-order valence-electron chi connectivity index (χ0n) is 10.1. The molecule has 0 aromatic heterocycles. The first-order valence-electron chi connectivity index (χ1n) is 5.37. The van der Waals surface area contributed by atoms with E-state index in [9.17, 15) is 18.1 Å². The summed E-state index contributed by atoms with van der Waals surface area (Å²) in [6.45, 7) is 0. The molecule has 0 spiro atoms. The maximum absolute atomic E-state index is 11.3. The van der Waals surface area contributed by atoms with Crippen LogP contribution in [0.15, 0.2) is 47.4 Å². The van der Waals surface area contributed by atoms with Gasteiger partial charge in [-0.05, 0) is 18.2 Å². The molecule has 0 saturated heterocycles. The summed E-state index contributed by atoms with van der Waals surface area (Å²) in [5.41, 5.74) is 0.527. The van der Waals surface area contributed by atoms with E-state index >= 15 is 0 Å². The lowest BCUT2D eigenvalue weighted by atomic mass is 10.0. The second kappa shape index (κ2) is 4.91. The van der Waals surface area contributed by atoms with Crippen LogP contribution in [0.25, 0.3) is 11.1 Å². The maximum atomic E-state index is 11.3. The molecule has 0 radical (unpaired) electrons. The highest BCUT2D eigenvalue weighted by atomic mass is 32.2. The fourth-order valence-corrected chi connectivity index (χ4v) is 2.49. The van der Waals surface area contributed by atoms with Crippen LogP contribution in [0, 0.1) is 0 Å². The average molecular weight is 280 g/mol. The second-order valence-corrected chi connectivity index (χ2v) is 5.24. The van der Waals surface area contributed by atoms with Crippen LogP contribution in [-0.2, 0) is 10.1 Å². The van der Waals surface area contributed by atoms with Crippen LogP contribution in [0.2, 0.25) is 0 Å². The third-order valence-corrected chi connectivity index (χ3v) is 3.57. The van der Waals surface area contributed by atoms with Crippen molar-refractivity contribution in [1.29, 1.82) is 0 Å². The van der Waals surface area contributed by atoms with E-state index in [0.717, 1.165) is 0 Å². The smallest absolute Gasteiger partial charge is 0.295 e. The molecule has 100 valence electrons. The third kappa shape index (κ3) is 2.69. The second-order valence-electron chi connectivity index (χ2n) is 3.85. The molecule has 0 aliphatic carbocycles. The van der Waals surface area contributed by atoms with Gasteiger partial charge in [-0.3, -0.25) is 4.55 Å². The SMILES string of the molecule is COc1ccc(-c2ccccc2S(=O)(=O)O)c(O)c1. The van der Waals surface area contributed by atoms with Gasteiger partial charge < -0.3 is 9.84 Å². The number of benzene rings is 2. The van der Waals surface area contributed by atoms with Crippen molar-refractivity contribution in [3.63, 3.8) is 0 Å². The summed E-state index contributed by atoms with van der Waals surface area (Å²) in [6.07, 6.45) is 0. The van der Waals surface area contributed by atoms with Gasteiger partial charge in [-0.25, -0.2) is 0 Å². The molecule has 0 bridgehead atoms. The van der Waals surface area contributed by atoms with Gasteiger partial charge in [0.15, 0.2) is 0 Å². The molecular formula is C13H12O5S. The summed E-state index contributed by atoms with van der Waals surface area (Å²) < 4.78 is 36.8. The highest BCUT2D eigenvalue weighted by Crippen LogP contribution is 2.35. The minimum absolute atomic E-state index is 0.129. The van der Waals surface area contributed by atoms with Crippen LogP contribution in [-0.4, -0.2) is 25.2 Å². The summed E-state index contributed by atoms with van der Waals surface area (Å²) >= 11 is 0. The largest absolute Gasteiger partial charge is 0.507 e. The van der Waals surface area contributed by atoms with Crippen LogP contribution in [0.4, 0.5) is 0 Å². The first kappa shape index (κ1) is 13.4. The topological polar surface area (TPSA) is 83.8 Å². The van der Waals surface area contributed by atoms with Crippen molar-refractivity contribution in [2.75, 3.05) is 7.11 Å². The van der Waals surface area contributed by atoms with Gasteiger partial charge in [0.05, 0.1) is 7.11 Å². The predicted octanol–water partition coefficient (Wildman–Crippen LogP) is 2.31. The van der Waals surface area contributed by atoms with Gasteiger partial charge in [0.2, 0.25) is 0 Å². The zero-order chi connectivity index (χ0) is 14.0. The summed E-state index contributed by atoms with van der Waals surface area (Å²) in [6, 6.07) is 10.4. The summed E-state index contributed by atoms with van der Waals surface area (Å²) in [5, 5.41) is 9.91. The van der Waals surface area contributed by atoms with Crippen molar-refractivity contribution in [3.05, 3.63) is 42.5 Å². The fourth-order valence-electron chi connectivity index (χ4n) is 1.78. The summed E-state index contributed by atoms with van der Waals surface area (Å²) in [7, 11) is -2.90. The molecule has 2 rings (SSSR count). The van der Waals surface area contributed by atoms with Crippen LogP contribution in [0.5, 0.6) is 11.5 Å². The van der Waals surface area contributed by atoms with Crippen LogP contribution >= 0.6 is 0 Å². The first-order chi connectivity index (χ1) is 8.93. The number of hydrogen-bond acceptors (Lipinski definition) is 4. The molecule has 0 unspecified atom stereocenters. The Morgan fingerprint density at radius 2 is 1.74 bits per heavy atom. The molecule has 2 aromatic carbocycles. The molecule has 0 atom stereocenters. The van der Waals surface area contributed by atoms with Gasteiger partial charge in [-0.2, -0.15) is 8.42 Å². The van der Waals surface area contributed by atoms with Crippen molar-refractivity contribution in [2.45, 2.75) is 4.90 Å². The Labute approximate surface area is 110 Å². The Bertz CT molecular complexity index is 707. The molecule has 0 aliphatic rings. The minimum atomic E-state index is -4.36. The Hall–Kier alpha value is -2.05. The van der Waals surface area contributed by atoms with Crippen molar-refractivity contribution < 1.29 is 22.8 Å². The Balaban J connectivity index is 2.66. The van der Waals surface area contributed by atoms with E-state index in [1.54, 1.807) is 12.1 Å². The third-order valence-electron chi connectivity index (χ3n) is 2.66. The molecule has 0 saturated carbocycles. The van der Waals surface area contributed by atoms with Crippen LogP contribution < -0.4 is 4.74 Å². The molecule has 0 amide bonds. The lowest BCUT2D eigenvalue weighted by Crippen LogP contribution is -2.00. The minimum Gasteiger partial charge on any atom is -0.507 e. The first-order valence-corrected chi connectivity index (χ1v) is 6.81. The van der Waals surface area contributed by atoms with Crippen molar-refractivity contribution in [1.82, 2.24) is 0 Å². The lowest BCUT2D eigenvalue weighted by Gasteiger charge is -2.10. The van der Waals surface area contributed by atoms with Crippen LogP contribution in [0.3, 0.4) is 0 Å². The van der Waals surface area contributed by atoms with Gasteiger partial charge in [-0.15, -0.1) is 0 Å². The van der Waals surface area contributed by atoms with Gasteiger partial charge in [0, 0.05) is 17.2 Å². The summed E-state index contributed by atoms with van der Waals surface area (Å²) in [4.78, 5) is -0.254. The number of methoxy groups -OCH3 is 1. The highest BCUT2D eigenvalue weighted by Gasteiger charge is 2.18. The number of ether oxygens (including phenoxy) is 1. The quantitative estimate of drug-likeness (QED) is 0.843. The maximum Gasteiger partial charge on any atom is 0.295 e. The number of phenols is 1. The van der Waals surface area contributed by atoms with E-state index in [1.165, 1.54) is 37.4 Å². The molecule has 0 aliphatic heterocycles. The molecule has 6 heteroatoms. The monoisotopic (exact) mass is 280 g/mol. The van der Waals surface area contributed by atoms with E-state index in [0.29, 0.717) is 11.3 Å². The zero-order valence-corrected chi connectivity index (χ0v) is 10.9. The highest BCUT2D eigenvalue weighted by molar-refractivity contribution is 7.86. The Kier molecular flexibility index (Phi) is 3.46. The molecule has 0 fully saturated rings. The Morgan fingerprint density at radius 3 is 2.32 bits per heavy atom. The van der Waals surface area contributed by atoms with E-state index in [-0.39, 0.29) is 16.2 Å². The van der Waals surface area contributed by atoms with Gasteiger partial charge in [0.1, 0.15) is 16.4 Å². The number of hydrogen-bond donors (Lipinski definition) is 2. The van der Waals surface area contributed by atoms with Gasteiger partial charge >= 0.3 is 0 Å². The molecule has 5 nitrogen and oxygen atoms in total. The van der Waals surface area contributed by atoms with E-state index < -0.39 is 10.1 Å². The molecule has 2 N–H and O–H groups in total. The molecular weight excluding hydrogens is 268 g/mol. The number of aromatic hydroxyl groups is 1. The lowest BCUT2D eigenvalue weighted by molar-refractivity contribution is 0.408. The summed E-state index contributed by atoms with van der Waals surface area (Å²) in [5.74, 6) is 0.320. The van der Waals surface area contributed by atoms with Crippen molar-refractivity contribution in [3.8, 4) is 22.6 Å². The Morgan fingerprint density at radius 1 is 1.05 bits per heavy atom. The normalized spacial score (nSPS) is 11.3. The fraction of sp³-hybridized carbons (Fsp3) is 0.0769. The van der Waals surface area contributed by atoms with Crippen molar-refractivity contribution >= 4 is 10.1 Å². The van der Waals surface area contributed by atoms with Gasteiger partial charge in [0.25, 0.3) is 10.1 Å². The number of rotatable bonds is 3. The van der Waals surface area contributed by atoms with E-state index in [1.807, 2.05) is 0 Å². The van der Waals surface area contributed by atoms with Crippen molar-refractivity contribution in [2.24, 2.45) is 0 Å². The predicted molar refractivity (Wildman–Crippen MR) is 69.9 cm³/mol. The van der Waals surface area contributed by atoms with E-state index in [4.69, 9.17) is 4.74 Å². The average Bonchev–Trinajstić information content (AvgIpc) is 2.37.